The van der Waals surface area contributed by atoms with Gasteiger partial charge in [0.25, 0.3) is 0 Å². The summed E-state index contributed by atoms with van der Waals surface area (Å²) in [6.45, 7) is 2.60. The first-order valence-electron chi connectivity index (χ1n) is 10.3. The van der Waals surface area contributed by atoms with Crippen LogP contribution in [0, 0.1) is 0 Å². The fraction of sp³-hybridized carbons (Fsp3) is 0.269. The fourth-order valence-corrected chi connectivity index (χ4v) is 4.91. The maximum absolute atomic E-state index is 14.0. The average Bonchev–Trinajstić information content (AvgIpc) is 3.06. The highest BCUT2D eigenvalue weighted by Crippen LogP contribution is 2.45. The van der Waals surface area contributed by atoms with Crippen LogP contribution in [-0.2, 0) is 22.4 Å². The minimum atomic E-state index is -0.626. The standard InChI is InChI=1S/C26H25NO2/c1-26-17-21-14-8-9-15-22(21)23(16-19-10-4-2-5-11-19)25(28)27(26)24(18-29-26)20-12-6-3-7-13-20/h2-15,23-24H,16-18H2,1H3/t23-,24-,26+/m0/s1. The van der Waals surface area contributed by atoms with E-state index in [4.69, 9.17) is 4.74 Å². The molecule has 0 saturated carbocycles. The summed E-state index contributed by atoms with van der Waals surface area (Å²) in [4.78, 5) is 16.1. The Morgan fingerprint density at radius 1 is 0.931 bits per heavy atom. The van der Waals surface area contributed by atoms with Crippen LogP contribution in [0.15, 0.2) is 84.9 Å². The average molecular weight is 383 g/mol. The molecule has 0 aromatic heterocycles. The lowest BCUT2D eigenvalue weighted by atomic mass is 9.87. The molecule has 1 saturated heterocycles. The number of hydrogen-bond acceptors (Lipinski definition) is 2. The number of rotatable bonds is 3. The maximum Gasteiger partial charge on any atom is 0.233 e. The summed E-state index contributed by atoms with van der Waals surface area (Å²) in [6, 6.07) is 28.9. The molecule has 3 atom stereocenters. The quantitative estimate of drug-likeness (QED) is 0.645. The van der Waals surface area contributed by atoms with Crippen molar-refractivity contribution >= 4 is 5.91 Å². The molecule has 2 aliphatic rings. The van der Waals surface area contributed by atoms with Crippen LogP contribution < -0.4 is 0 Å². The van der Waals surface area contributed by atoms with Gasteiger partial charge in [0.05, 0.1) is 18.6 Å². The van der Waals surface area contributed by atoms with Gasteiger partial charge in [0.1, 0.15) is 5.72 Å². The molecule has 3 heteroatoms. The highest BCUT2D eigenvalue weighted by molar-refractivity contribution is 5.86. The predicted octanol–water partition coefficient (Wildman–Crippen LogP) is 4.89. The van der Waals surface area contributed by atoms with Crippen molar-refractivity contribution < 1.29 is 9.53 Å². The second-order valence-corrected chi connectivity index (χ2v) is 8.24. The van der Waals surface area contributed by atoms with Gasteiger partial charge in [-0.05, 0) is 35.6 Å². The first-order chi connectivity index (χ1) is 14.2. The molecule has 146 valence electrons. The third-order valence-electron chi connectivity index (χ3n) is 6.32. The minimum absolute atomic E-state index is 0.0544. The highest BCUT2D eigenvalue weighted by atomic mass is 16.5. The molecule has 1 amide bonds. The molecule has 2 heterocycles. The van der Waals surface area contributed by atoms with E-state index in [2.05, 4.69) is 49.4 Å². The maximum atomic E-state index is 14.0. The van der Waals surface area contributed by atoms with Crippen molar-refractivity contribution in [1.29, 1.82) is 0 Å². The van der Waals surface area contributed by atoms with E-state index < -0.39 is 5.72 Å². The zero-order chi connectivity index (χ0) is 19.8. The number of fused-ring (bicyclic) bond motifs is 2. The van der Waals surface area contributed by atoms with Crippen molar-refractivity contribution in [2.45, 2.75) is 37.5 Å². The Morgan fingerprint density at radius 3 is 2.34 bits per heavy atom. The molecule has 0 N–H and O–H groups in total. The number of benzene rings is 3. The topological polar surface area (TPSA) is 29.5 Å². The van der Waals surface area contributed by atoms with Gasteiger partial charge in [0, 0.05) is 6.42 Å². The van der Waals surface area contributed by atoms with Crippen molar-refractivity contribution in [3.05, 3.63) is 107 Å². The number of ether oxygens (including phenoxy) is 1. The molecule has 0 radical (unpaired) electrons. The SMILES string of the molecule is C[C@@]12Cc3ccccc3[C@H](Cc3ccccc3)C(=O)N1[C@H](c1ccccc1)CO2. The second kappa shape index (κ2) is 7.16. The lowest BCUT2D eigenvalue weighted by Crippen LogP contribution is -2.48. The van der Waals surface area contributed by atoms with Crippen LogP contribution in [0.25, 0.3) is 0 Å². The lowest BCUT2D eigenvalue weighted by Gasteiger charge is -2.36. The van der Waals surface area contributed by atoms with Crippen LogP contribution in [0.2, 0.25) is 0 Å². The van der Waals surface area contributed by atoms with Crippen LogP contribution in [0.1, 0.15) is 41.1 Å². The van der Waals surface area contributed by atoms with E-state index in [1.54, 1.807) is 0 Å². The number of carbonyl (C=O) groups is 1. The smallest absolute Gasteiger partial charge is 0.233 e. The van der Waals surface area contributed by atoms with Gasteiger partial charge in [-0.3, -0.25) is 4.79 Å². The molecule has 0 unspecified atom stereocenters. The molecule has 3 aromatic carbocycles. The zero-order valence-electron chi connectivity index (χ0n) is 16.6. The minimum Gasteiger partial charge on any atom is -0.353 e. The molecule has 3 nitrogen and oxygen atoms in total. The van der Waals surface area contributed by atoms with Gasteiger partial charge in [-0.2, -0.15) is 0 Å². The molecule has 3 aromatic rings. The van der Waals surface area contributed by atoms with E-state index in [1.807, 2.05) is 47.4 Å². The van der Waals surface area contributed by atoms with Crippen LogP contribution in [0.4, 0.5) is 0 Å². The van der Waals surface area contributed by atoms with Gasteiger partial charge in [-0.25, -0.2) is 0 Å². The highest BCUT2D eigenvalue weighted by Gasteiger charge is 2.51. The molecule has 0 bridgehead atoms. The molecule has 2 aliphatic heterocycles. The Bertz CT molecular complexity index is 1020. The largest absolute Gasteiger partial charge is 0.353 e. The van der Waals surface area contributed by atoms with Crippen molar-refractivity contribution in [3.8, 4) is 0 Å². The van der Waals surface area contributed by atoms with Gasteiger partial charge in [0.2, 0.25) is 5.91 Å². The van der Waals surface area contributed by atoms with Gasteiger partial charge < -0.3 is 9.64 Å². The zero-order valence-corrected chi connectivity index (χ0v) is 16.6. The monoisotopic (exact) mass is 383 g/mol. The Labute approximate surface area is 171 Å². The van der Waals surface area contributed by atoms with E-state index >= 15 is 0 Å². The molecule has 5 rings (SSSR count). The molecule has 0 aliphatic carbocycles. The van der Waals surface area contributed by atoms with Gasteiger partial charge in [0.15, 0.2) is 0 Å². The van der Waals surface area contributed by atoms with E-state index in [0.717, 1.165) is 11.1 Å². The van der Waals surface area contributed by atoms with E-state index in [0.29, 0.717) is 19.4 Å². The summed E-state index contributed by atoms with van der Waals surface area (Å²) in [6.07, 6.45) is 1.41. The fourth-order valence-electron chi connectivity index (χ4n) is 4.91. The summed E-state index contributed by atoms with van der Waals surface area (Å²) < 4.78 is 6.32. The van der Waals surface area contributed by atoms with Crippen LogP contribution in [0.3, 0.4) is 0 Å². The second-order valence-electron chi connectivity index (χ2n) is 8.24. The molecule has 0 spiro atoms. The van der Waals surface area contributed by atoms with Gasteiger partial charge in [-0.1, -0.05) is 84.9 Å². The van der Waals surface area contributed by atoms with Crippen LogP contribution >= 0.6 is 0 Å². The lowest BCUT2D eigenvalue weighted by molar-refractivity contribution is -0.149. The Hall–Kier alpha value is -2.91. The summed E-state index contributed by atoms with van der Waals surface area (Å²) in [5, 5.41) is 0. The van der Waals surface area contributed by atoms with Crippen molar-refractivity contribution in [2.24, 2.45) is 0 Å². The number of nitrogens with zero attached hydrogens (tertiary/aromatic N) is 1. The number of amides is 1. The van der Waals surface area contributed by atoms with Gasteiger partial charge in [-0.15, -0.1) is 0 Å². The third-order valence-corrected chi connectivity index (χ3v) is 6.32. The van der Waals surface area contributed by atoms with Crippen LogP contribution in [0.5, 0.6) is 0 Å². The Balaban J connectivity index is 1.60. The molecule has 1 fully saturated rings. The van der Waals surface area contributed by atoms with E-state index in [1.165, 1.54) is 11.1 Å². The first-order valence-corrected chi connectivity index (χ1v) is 10.3. The Kier molecular flexibility index (Phi) is 4.48. The summed E-state index contributed by atoms with van der Waals surface area (Å²) in [5.41, 5.74) is 4.03. The number of hydrogen-bond donors (Lipinski definition) is 0. The van der Waals surface area contributed by atoms with Gasteiger partial charge >= 0.3 is 0 Å². The third kappa shape index (κ3) is 3.16. The van der Waals surface area contributed by atoms with Crippen LogP contribution in [-0.4, -0.2) is 23.1 Å². The summed E-state index contributed by atoms with van der Waals surface area (Å²) in [7, 11) is 0. The van der Waals surface area contributed by atoms with Crippen molar-refractivity contribution in [2.75, 3.05) is 6.61 Å². The van der Waals surface area contributed by atoms with E-state index in [-0.39, 0.29) is 17.9 Å². The summed E-state index contributed by atoms with van der Waals surface area (Å²) in [5.74, 6) is -0.0454. The van der Waals surface area contributed by atoms with E-state index in [9.17, 15) is 4.79 Å². The normalized spacial score (nSPS) is 26.0. The van der Waals surface area contributed by atoms with Crippen molar-refractivity contribution in [3.63, 3.8) is 0 Å². The van der Waals surface area contributed by atoms with Crippen molar-refractivity contribution in [1.82, 2.24) is 4.90 Å². The summed E-state index contributed by atoms with van der Waals surface area (Å²) >= 11 is 0. The molecular weight excluding hydrogens is 358 g/mol. The number of carbonyl (C=O) groups excluding carboxylic acids is 1. The first kappa shape index (κ1) is 18.1. The molecular formula is C26H25NO2. The predicted molar refractivity (Wildman–Crippen MR) is 113 cm³/mol. The Morgan fingerprint density at radius 2 is 1.59 bits per heavy atom. The molecule has 29 heavy (non-hydrogen) atoms.